The Hall–Kier alpha value is -3.67. The molecule has 0 saturated carbocycles. The normalized spacial score (nSPS) is 14.2. The molecule has 0 radical (unpaired) electrons. The summed E-state index contributed by atoms with van der Waals surface area (Å²) in [6.45, 7) is 13.9. The molecule has 306 valence electrons. The highest BCUT2D eigenvalue weighted by atomic mass is 32.1. The smallest absolute Gasteiger partial charge is 0.132 e. The van der Waals surface area contributed by atoms with Crippen molar-refractivity contribution in [1.82, 2.24) is 8.75 Å². The summed E-state index contributed by atoms with van der Waals surface area (Å²) in [6, 6.07) is 29.1. The lowest BCUT2D eigenvalue weighted by molar-refractivity contribution is 0.420. The molecule has 7 rings (SSSR count). The lowest BCUT2D eigenvalue weighted by Crippen LogP contribution is -2.25. The van der Waals surface area contributed by atoms with Crippen molar-refractivity contribution in [2.24, 2.45) is 11.8 Å². The third-order valence-corrected chi connectivity index (χ3v) is 15.1. The summed E-state index contributed by atoms with van der Waals surface area (Å²) in [5, 5.41) is 0. The summed E-state index contributed by atoms with van der Waals surface area (Å²) >= 11 is 2.92. The van der Waals surface area contributed by atoms with Gasteiger partial charge in [0.25, 0.3) is 0 Å². The summed E-state index contributed by atoms with van der Waals surface area (Å²) in [5.74, 6) is 1.41. The second-order valence-corrected chi connectivity index (χ2v) is 18.8. The molecule has 0 N–H and O–H groups in total. The minimum Gasteiger partial charge on any atom is -0.206 e. The minimum atomic E-state index is -0.131. The van der Waals surface area contributed by atoms with Crippen LogP contribution in [0.2, 0.25) is 0 Å². The van der Waals surface area contributed by atoms with E-state index in [1.807, 2.05) is 6.07 Å². The lowest BCUT2D eigenvalue weighted by Gasteiger charge is -2.32. The number of fused-ring (bicyclic) bond motifs is 4. The Morgan fingerprint density at radius 1 is 0.534 bits per heavy atom. The largest absolute Gasteiger partial charge is 0.206 e. The van der Waals surface area contributed by atoms with Gasteiger partial charge in [-0.1, -0.05) is 160 Å². The van der Waals surface area contributed by atoms with Crippen molar-refractivity contribution in [3.8, 4) is 43.1 Å². The van der Waals surface area contributed by atoms with Gasteiger partial charge in [0, 0.05) is 31.9 Å². The number of nitrogens with zero attached hydrogens (tertiary/aromatic N) is 2. The van der Waals surface area contributed by atoms with Gasteiger partial charge in [0.05, 0.1) is 11.7 Å². The van der Waals surface area contributed by atoms with Crippen LogP contribution in [0.1, 0.15) is 154 Å². The summed E-state index contributed by atoms with van der Waals surface area (Å²) in [6.07, 6.45) is 19.3. The van der Waals surface area contributed by atoms with Gasteiger partial charge in [-0.3, -0.25) is 0 Å². The Balaban J connectivity index is 1.16. The average molecular weight is 813 g/mol. The topological polar surface area (TPSA) is 25.8 Å². The molecule has 0 aliphatic heterocycles. The number of benzene rings is 4. The number of halogens is 1. The van der Waals surface area contributed by atoms with Gasteiger partial charge >= 0.3 is 0 Å². The molecular weight excluding hydrogens is 748 g/mol. The molecule has 2 unspecified atom stereocenters. The first-order valence-corrected chi connectivity index (χ1v) is 24.3. The number of hydrogen-bond donors (Lipinski definition) is 0. The van der Waals surface area contributed by atoms with Gasteiger partial charge in [-0.05, 0) is 114 Å². The van der Waals surface area contributed by atoms with Gasteiger partial charge in [0.2, 0.25) is 0 Å². The zero-order valence-corrected chi connectivity index (χ0v) is 37.7. The highest BCUT2D eigenvalue weighted by molar-refractivity contribution is 7.19. The predicted octanol–water partition coefficient (Wildman–Crippen LogP) is 17.1. The fourth-order valence-corrected chi connectivity index (χ4v) is 11.7. The zero-order valence-electron chi connectivity index (χ0n) is 36.1. The minimum absolute atomic E-state index is 0.0132. The number of aromatic nitrogens is 2. The van der Waals surface area contributed by atoms with E-state index < -0.39 is 0 Å². The Morgan fingerprint density at radius 2 is 1.05 bits per heavy atom. The maximum Gasteiger partial charge on any atom is 0.132 e. The van der Waals surface area contributed by atoms with E-state index in [1.165, 1.54) is 97.3 Å². The summed E-state index contributed by atoms with van der Waals surface area (Å²) < 4.78 is 25.4. The maximum atomic E-state index is 15.7. The first kappa shape index (κ1) is 42.5. The second-order valence-electron chi connectivity index (χ2n) is 17.2. The van der Waals surface area contributed by atoms with Crippen LogP contribution in [0.25, 0.3) is 54.2 Å². The molecule has 0 saturated heterocycles. The van der Waals surface area contributed by atoms with E-state index in [1.54, 1.807) is 23.0 Å². The second kappa shape index (κ2) is 19.6. The van der Waals surface area contributed by atoms with Crippen LogP contribution in [0.5, 0.6) is 0 Å². The van der Waals surface area contributed by atoms with Crippen LogP contribution < -0.4 is 0 Å². The van der Waals surface area contributed by atoms with Crippen LogP contribution >= 0.6 is 23.1 Å². The molecule has 0 spiro atoms. The molecule has 1 aliphatic carbocycles. The van der Waals surface area contributed by atoms with Crippen molar-refractivity contribution >= 4 is 34.1 Å². The van der Waals surface area contributed by atoms with Crippen molar-refractivity contribution in [3.05, 3.63) is 107 Å². The van der Waals surface area contributed by atoms with Crippen molar-refractivity contribution < 1.29 is 4.39 Å². The molecule has 4 aromatic carbocycles. The van der Waals surface area contributed by atoms with E-state index in [2.05, 4.69) is 108 Å². The third kappa shape index (κ3) is 8.78. The van der Waals surface area contributed by atoms with E-state index in [0.29, 0.717) is 5.56 Å². The fourth-order valence-electron chi connectivity index (χ4n) is 10.1. The van der Waals surface area contributed by atoms with Gasteiger partial charge < -0.3 is 0 Å². The number of thiophene rings is 1. The van der Waals surface area contributed by atoms with E-state index in [-0.39, 0.29) is 11.2 Å². The first-order chi connectivity index (χ1) is 28.4. The van der Waals surface area contributed by atoms with Gasteiger partial charge in [-0.25, -0.2) is 4.39 Å². The van der Waals surface area contributed by atoms with E-state index in [4.69, 9.17) is 8.75 Å². The summed E-state index contributed by atoms with van der Waals surface area (Å²) in [5.41, 5.74) is 14.4. The zero-order chi connectivity index (χ0) is 40.6. The molecule has 2 aromatic heterocycles. The SMILES string of the molecule is CCCCC(CC)CCc1ccc(-c2ccc(-c3ccc(-c4ccc5c(c4)C(CCC)(CCC)c4cc(CCC(CC)CCCC)ccc4-5)c4nsnc34)s2)c(F)c1. The van der Waals surface area contributed by atoms with Gasteiger partial charge in [-0.2, -0.15) is 8.75 Å². The van der Waals surface area contributed by atoms with E-state index in [0.717, 1.165) is 94.3 Å². The average Bonchev–Trinajstić information content (AvgIpc) is 3.99. The molecule has 58 heavy (non-hydrogen) atoms. The monoisotopic (exact) mass is 812 g/mol. The summed E-state index contributed by atoms with van der Waals surface area (Å²) in [4.78, 5) is 2.03. The highest BCUT2D eigenvalue weighted by Gasteiger charge is 2.42. The molecule has 1 aliphatic rings. The third-order valence-electron chi connectivity index (χ3n) is 13.4. The Bertz CT molecular complexity index is 2270. The van der Waals surface area contributed by atoms with E-state index >= 15 is 4.39 Å². The van der Waals surface area contributed by atoms with E-state index in [9.17, 15) is 0 Å². The van der Waals surface area contributed by atoms with Crippen LogP contribution in [0.15, 0.2) is 78.9 Å². The summed E-state index contributed by atoms with van der Waals surface area (Å²) in [7, 11) is 0. The number of unbranched alkanes of at least 4 members (excludes halogenated alkanes) is 2. The van der Waals surface area contributed by atoms with Crippen LogP contribution in [-0.4, -0.2) is 8.75 Å². The van der Waals surface area contributed by atoms with Crippen molar-refractivity contribution in [3.63, 3.8) is 0 Å². The molecule has 2 nitrogen and oxygen atoms in total. The molecule has 2 heterocycles. The van der Waals surface area contributed by atoms with Crippen LogP contribution in [-0.2, 0) is 18.3 Å². The molecule has 6 aromatic rings. The quantitative estimate of drug-likeness (QED) is 0.0723. The number of aryl methyl sites for hydroxylation is 2. The Labute approximate surface area is 357 Å². The Kier molecular flexibility index (Phi) is 14.3. The number of rotatable bonds is 21. The molecule has 5 heteroatoms. The molecule has 0 amide bonds. The highest BCUT2D eigenvalue weighted by Crippen LogP contribution is 2.55. The van der Waals surface area contributed by atoms with Crippen LogP contribution in [0, 0.1) is 17.7 Å². The standard InChI is InChI=1S/C53H65FN2S2/c1-7-13-15-36(11-5)17-19-38-21-24-42-43-26-23-40(35-47(43)53(31-9-3,32-10-4)46(42)33-38)41-27-28-45(52-51(41)55-58-56-52)50-30-29-49(57-50)44-25-22-39(34-48(44)54)20-18-37(12-6)16-14-8-2/h21-30,33-37H,7-20,31-32H2,1-6H3. The lowest BCUT2D eigenvalue weighted by atomic mass is 9.71. The van der Waals surface area contributed by atoms with Crippen LogP contribution in [0.3, 0.4) is 0 Å². The van der Waals surface area contributed by atoms with Gasteiger partial charge in [0.1, 0.15) is 16.9 Å². The van der Waals surface area contributed by atoms with Crippen molar-refractivity contribution in [1.29, 1.82) is 0 Å². The molecule has 2 atom stereocenters. The molecule has 0 fully saturated rings. The van der Waals surface area contributed by atoms with Gasteiger partial charge in [-0.15, -0.1) is 11.3 Å². The first-order valence-electron chi connectivity index (χ1n) is 22.8. The molecular formula is C53H65FN2S2. The fraction of sp³-hybridized carbons (Fsp3) is 0.472. The van der Waals surface area contributed by atoms with Crippen LogP contribution in [0.4, 0.5) is 4.39 Å². The van der Waals surface area contributed by atoms with Gasteiger partial charge in [0.15, 0.2) is 0 Å². The molecule has 0 bridgehead atoms. The maximum absolute atomic E-state index is 15.7. The van der Waals surface area contributed by atoms with Crippen molar-refractivity contribution in [2.75, 3.05) is 0 Å². The predicted molar refractivity (Wildman–Crippen MR) is 251 cm³/mol. The number of hydrogen-bond acceptors (Lipinski definition) is 4. The Morgan fingerprint density at radius 3 is 1.64 bits per heavy atom. The van der Waals surface area contributed by atoms with Crippen molar-refractivity contribution in [2.45, 2.75) is 150 Å².